The second kappa shape index (κ2) is 5.87. The van der Waals surface area contributed by atoms with Gasteiger partial charge in [0, 0.05) is 17.8 Å². The molecular weight excluding hydrogens is 208 g/mol. The fraction of sp³-hybridized carbons (Fsp3) is 0.467. The number of hydrogen-bond donors (Lipinski definition) is 2. The Morgan fingerprint density at radius 3 is 2.88 bits per heavy atom. The van der Waals surface area contributed by atoms with Crippen LogP contribution in [-0.2, 0) is 0 Å². The highest BCUT2D eigenvalue weighted by Crippen LogP contribution is 2.19. The van der Waals surface area contributed by atoms with E-state index < -0.39 is 0 Å². The molecule has 0 saturated carbocycles. The van der Waals surface area contributed by atoms with Crippen LogP contribution in [0.15, 0.2) is 42.5 Å². The Morgan fingerprint density at radius 2 is 2.18 bits per heavy atom. The van der Waals surface area contributed by atoms with Crippen LogP contribution in [0.25, 0.3) is 0 Å². The first-order valence-electron chi connectivity index (χ1n) is 6.45. The lowest BCUT2D eigenvalue weighted by molar-refractivity contribution is 0.366. The van der Waals surface area contributed by atoms with Gasteiger partial charge >= 0.3 is 0 Å². The highest BCUT2D eigenvalue weighted by Gasteiger charge is 2.24. The molecular formula is C15H22N2. The Hall–Kier alpha value is -1.28. The molecule has 2 heteroatoms. The van der Waals surface area contributed by atoms with Gasteiger partial charge in [-0.25, -0.2) is 0 Å². The van der Waals surface area contributed by atoms with E-state index in [0.717, 1.165) is 13.0 Å². The van der Waals surface area contributed by atoms with E-state index in [9.17, 15) is 0 Å². The number of para-hydroxylation sites is 1. The van der Waals surface area contributed by atoms with Crippen molar-refractivity contribution in [3.8, 4) is 0 Å². The molecule has 2 atom stereocenters. The van der Waals surface area contributed by atoms with Crippen LogP contribution in [0.5, 0.6) is 0 Å². The maximum atomic E-state index is 4.02. The predicted octanol–water partition coefficient (Wildman–Crippen LogP) is 3.19. The van der Waals surface area contributed by atoms with E-state index in [4.69, 9.17) is 0 Å². The van der Waals surface area contributed by atoms with E-state index in [1.54, 1.807) is 0 Å². The van der Waals surface area contributed by atoms with Crippen LogP contribution in [0.4, 0.5) is 5.69 Å². The average Bonchev–Trinajstić information content (AvgIpc) is 2.32. The van der Waals surface area contributed by atoms with E-state index in [2.05, 4.69) is 54.5 Å². The van der Waals surface area contributed by atoms with Gasteiger partial charge in [-0.15, -0.1) is 6.58 Å². The molecule has 0 bridgehead atoms. The minimum atomic E-state index is 0.515. The zero-order valence-electron chi connectivity index (χ0n) is 10.6. The van der Waals surface area contributed by atoms with Crippen LogP contribution < -0.4 is 10.6 Å². The summed E-state index contributed by atoms with van der Waals surface area (Å²) >= 11 is 0. The summed E-state index contributed by atoms with van der Waals surface area (Å²) in [7, 11) is 0. The number of hydrogen-bond acceptors (Lipinski definition) is 2. The van der Waals surface area contributed by atoms with Crippen molar-refractivity contribution in [2.45, 2.75) is 38.3 Å². The van der Waals surface area contributed by atoms with Crippen LogP contribution >= 0.6 is 0 Å². The summed E-state index contributed by atoms with van der Waals surface area (Å²) in [6.45, 7) is 7.26. The van der Waals surface area contributed by atoms with Crippen molar-refractivity contribution in [1.29, 1.82) is 0 Å². The third-order valence-electron chi connectivity index (χ3n) is 3.28. The van der Waals surface area contributed by atoms with Gasteiger partial charge in [0.05, 0.1) is 0 Å². The molecule has 0 amide bonds. The van der Waals surface area contributed by atoms with E-state index in [-0.39, 0.29) is 0 Å². The van der Waals surface area contributed by atoms with Gasteiger partial charge in [0.25, 0.3) is 0 Å². The van der Waals surface area contributed by atoms with E-state index >= 15 is 0 Å². The van der Waals surface area contributed by atoms with Gasteiger partial charge in [0.1, 0.15) is 0 Å². The third-order valence-corrected chi connectivity index (χ3v) is 3.28. The Labute approximate surface area is 104 Å². The normalized spacial score (nSPS) is 24.3. The standard InChI is InChI=1S/C15H22N2/c1-12(2)11-15-14(9-6-10-16-15)17-13-7-4-3-5-8-13/h3-5,7-8,14-17H,1,6,9-11H2,2H3/t14-,15-/m1/s1. The van der Waals surface area contributed by atoms with Crippen LogP contribution in [0.1, 0.15) is 26.2 Å². The van der Waals surface area contributed by atoms with Crippen molar-refractivity contribution in [1.82, 2.24) is 5.32 Å². The molecule has 92 valence electrons. The fourth-order valence-electron chi connectivity index (χ4n) is 2.46. The van der Waals surface area contributed by atoms with Crippen molar-refractivity contribution in [3.63, 3.8) is 0 Å². The lowest BCUT2D eigenvalue weighted by atomic mass is 9.93. The monoisotopic (exact) mass is 230 g/mol. The summed E-state index contributed by atoms with van der Waals surface area (Å²) in [5.41, 5.74) is 2.47. The molecule has 1 heterocycles. The smallest absolute Gasteiger partial charge is 0.0418 e. The minimum absolute atomic E-state index is 0.515. The Balaban J connectivity index is 1.99. The molecule has 0 radical (unpaired) electrons. The molecule has 1 saturated heterocycles. The molecule has 0 aliphatic carbocycles. The Kier molecular flexibility index (Phi) is 4.21. The van der Waals surface area contributed by atoms with Gasteiger partial charge in [0.2, 0.25) is 0 Å². The van der Waals surface area contributed by atoms with Crippen molar-refractivity contribution in [2.24, 2.45) is 0 Å². The third kappa shape index (κ3) is 3.60. The lowest BCUT2D eigenvalue weighted by Gasteiger charge is -2.34. The second-order valence-corrected chi connectivity index (χ2v) is 4.98. The maximum Gasteiger partial charge on any atom is 0.0418 e. The van der Waals surface area contributed by atoms with Gasteiger partial charge in [-0.2, -0.15) is 0 Å². The number of rotatable bonds is 4. The maximum absolute atomic E-state index is 4.02. The van der Waals surface area contributed by atoms with Crippen LogP contribution in [0.3, 0.4) is 0 Å². The topological polar surface area (TPSA) is 24.1 Å². The zero-order valence-corrected chi connectivity index (χ0v) is 10.6. The van der Waals surface area contributed by atoms with Gasteiger partial charge < -0.3 is 10.6 Å². The molecule has 0 aromatic heterocycles. The second-order valence-electron chi connectivity index (χ2n) is 4.98. The summed E-state index contributed by atoms with van der Waals surface area (Å²) in [4.78, 5) is 0. The lowest BCUT2D eigenvalue weighted by Crippen LogP contribution is -2.48. The molecule has 2 nitrogen and oxygen atoms in total. The number of piperidine rings is 1. The molecule has 17 heavy (non-hydrogen) atoms. The van der Waals surface area contributed by atoms with E-state index in [0.29, 0.717) is 12.1 Å². The molecule has 2 N–H and O–H groups in total. The van der Waals surface area contributed by atoms with Gasteiger partial charge in [-0.05, 0) is 44.9 Å². The van der Waals surface area contributed by atoms with Crippen LogP contribution in [0.2, 0.25) is 0 Å². The molecule has 1 aliphatic heterocycles. The summed E-state index contributed by atoms with van der Waals surface area (Å²) in [5.74, 6) is 0. The predicted molar refractivity (Wildman–Crippen MR) is 74.3 cm³/mol. The van der Waals surface area contributed by atoms with Crippen molar-refractivity contribution >= 4 is 5.69 Å². The Morgan fingerprint density at radius 1 is 1.41 bits per heavy atom. The number of anilines is 1. The van der Waals surface area contributed by atoms with Crippen LogP contribution in [0, 0.1) is 0 Å². The summed E-state index contributed by atoms with van der Waals surface area (Å²) in [6.07, 6.45) is 3.54. The quantitative estimate of drug-likeness (QED) is 0.776. The van der Waals surface area contributed by atoms with Crippen molar-refractivity contribution in [3.05, 3.63) is 42.5 Å². The highest BCUT2D eigenvalue weighted by molar-refractivity contribution is 5.44. The van der Waals surface area contributed by atoms with Gasteiger partial charge in [-0.1, -0.05) is 23.8 Å². The first kappa shape index (κ1) is 12.2. The average molecular weight is 230 g/mol. The molecule has 0 spiro atoms. The van der Waals surface area contributed by atoms with E-state index in [1.165, 1.54) is 24.1 Å². The van der Waals surface area contributed by atoms with Crippen molar-refractivity contribution < 1.29 is 0 Å². The summed E-state index contributed by atoms with van der Waals surface area (Å²) in [5, 5.41) is 7.23. The summed E-state index contributed by atoms with van der Waals surface area (Å²) in [6, 6.07) is 11.5. The molecule has 2 rings (SSSR count). The zero-order chi connectivity index (χ0) is 12.1. The van der Waals surface area contributed by atoms with Gasteiger partial charge in [-0.3, -0.25) is 0 Å². The Bertz CT molecular complexity index is 358. The van der Waals surface area contributed by atoms with E-state index in [1.807, 2.05) is 0 Å². The largest absolute Gasteiger partial charge is 0.381 e. The molecule has 1 fully saturated rings. The minimum Gasteiger partial charge on any atom is -0.381 e. The van der Waals surface area contributed by atoms with Crippen molar-refractivity contribution in [2.75, 3.05) is 11.9 Å². The highest BCUT2D eigenvalue weighted by atomic mass is 15.0. The number of nitrogens with one attached hydrogen (secondary N) is 2. The molecule has 1 aromatic carbocycles. The number of benzene rings is 1. The summed E-state index contributed by atoms with van der Waals surface area (Å²) < 4.78 is 0. The SMILES string of the molecule is C=C(C)C[C@H]1NCCC[C@H]1Nc1ccccc1. The fourth-order valence-corrected chi connectivity index (χ4v) is 2.46. The van der Waals surface area contributed by atoms with Crippen LogP contribution in [-0.4, -0.2) is 18.6 Å². The molecule has 1 aliphatic rings. The first-order valence-corrected chi connectivity index (χ1v) is 6.45. The molecule has 1 aromatic rings. The first-order chi connectivity index (χ1) is 8.25. The molecule has 0 unspecified atom stereocenters. The van der Waals surface area contributed by atoms with Gasteiger partial charge in [0.15, 0.2) is 0 Å².